The molecule has 2 unspecified atom stereocenters. The first-order valence-electron chi connectivity index (χ1n) is 5.50. The van der Waals surface area contributed by atoms with Gasteiger partial charge in [-0.1, -0.05) is 6.92 Å². The number of hydrogen-bond donors (Lipinski definition) is 1. The summed E-state index contributed by atoms with van der Waals surface area (Å²) in [6.07, 6.45) is 2.34. The van der Waals surface area contributed by atoms with Crippen molar-refractivity contribution in [3.8, 4) is 0 Å². The van der Waals surface area contributed by atoms with E-state index in [-0.39, 0.29) is 17.8 Å². The molecule has 0 saturated carbocycles. The highest BCUT2D eigenvalue weighted by Crippen LogP contribution is 2.27. The van der Waals surface area contributed by atoms with Crippen LogP contribution in [0.15, 0.2) is 28.9 Å². The van der Waals surface area contributed by atoms with E-state index in [4.69, 9.17) is 10.2 Å². The Balaban J connectivity index is 2.38. The number of fused-ring (bicyclic) bond motifs is 1. The minimum Gasteiger partial charge on any atom is -0.464 e. The highest BCUT2D eigenvalue weighted by molar-refractivity contribution is 5.78. The maximum Gasteiger partial charge on any atom is 0.134 e. The second-order valence-electron chi connectivity index (χ2n) is 4.45. The van der Waals surface area contributed by atoms with E-state index in [2.05, 4.69) is 0 Å². The molecule has 0 radical (unpaired) electrons. The van der Waals surface area contributed by atoms with Crippen LogP contribution in [0.5, 0.6) is 0 Å². The zero-order valence-corrected chi connectivity index (χ0v) is 9.53. The zero-order valence-electron chi connectivity index (χ0n) is 9.53. The van der Waals surface area contributed by atoms with Crippen molar-refractivity contribution in [1.29, 1.82) is 0 Å². The molecule has 2 atom stereocenters. The third-order valence-electron chi connectivity index (χ3n) is 2.83. The molecule has 2 nitrogen and oxygen atoms in total. The topological polar surface area (TPSA) is 39.2 Å². The molecule has 3 heteroatoms. The van der Waals surface area contributed by atoms with Crippen molar-refractivity contribution in [3.63, 3.8) is 0 Å². The average molecular weight is 221 g/mol. The van der Waals surface area contributed by atoms with E-state index in [0.717, 1.165) is 17.4 Å². The number of nitrogens with two attached hydrogens (primary N) is 1. The van der Waals surface area contributed by atoms with Crippen LogP contribution >= 0.6 is 0 Å². The van der Waals surface area contributed by atoms with Crippen LogP contribution in [0.1, 0.15) is 31.7 Å². The van der Waals surface area contributed by atoms with Gasteiger partial charge in [0.2, 0.25) is 0 Å². The number of rotatable bonds is 3. The highest BCUT2D eigenvalue weighted by atomic mass is 19.1. The van der Waals surface area contributed by atoms with Crippen molar-refractivity contribution in [2.75, 3.05) is 0 Å². The lowest BCUT2D eigenvalue weighted by atomic mass is 9.94. The minimum atomic E-state index is -0.179. The molecule has 2 N–H and O–H groups in total. The first kappa shape index (κ1) is 11.1. The summed E-state index contributed by atoms with van der Waals surface area (Å²) < 4.78 is 19.1. The van der Waals surface area contributed by atoms with Gasteiger partial charge in [0.25, 0.3) is 0 Å². The van der Waals surface area contributed by atoms with Crippen molar-refractivity contribution in [2.45, 2.75) is 32.2 Å². The molecule has 1 aromatic carbocycles. The maximum absolute atomic E-state index is 13.8. The van der Waals surface area contributed by atoms with Gasteiger partial charge in [0.1, 0.15) is 11.4 Å². The van der Waals surface area contributed by atoms with Gasteiger partial charge in [-0.05, 0) is 43.0 Å². The Morgan fingerprint density at radius 1 is 1.38 bits per heavy atom. The molecule has 0 aliphatic rings. The molecule has 0 spiro atoms. The largest absolute Gasteiger partial charge is 0.464 e. The third kappa shape index (κ3) is 2.09. The second-order valence-corrected chi connectivity index (χ2v) is 4.45. The van der Waals surface area contributed by atoms with Gasteiger partial charge in [-0.25, -0.2) is 4.39 Å². The fraction of sp³-hybridized carbons (Fsp3) is 0.385. The smallest absolute Gasteiger partial charge is 0.134 e. The van der Waals surface area contributed by atoms with Crippen LogP contribution in [-0.2, 0) is 0 Å². The van der Waals surface area contributed by atoms with E-state index in [1.807, 2.05) is 13.8 Å². The van der Waals surface area contributed by atoms with E-state index in [1.165, 1.54) is 6.07 Å². The Kier molecular flexibility index (Phi) is 2.97. The van der Waals surface area contributed by atoms with Gasteiger partial charge >= 0.3 is 0 Å². The standard InChI is InChI=1S/C13H16FNO/c1-8(5-9(2)15)11-7-13-10(3-4-16-13)6-12(11)14/h3-4,6-9H,5,15H2,1-2H3. The summed E-state index contributed by atoms with van der Waals surface area (Å²) in [4.78, 5) is 0. The van der Waals surface area contributed by atoms with Crippen molar-refractivity contribution in [3.05, 3.63) is 35.8 Å². The summed E-state index contributed by atoms with van der Waals surface area (Å²) >= 11 is 0. The Morgan fingerprint density at radius 3 is 2.81 bits per heavy atom. The lowest BCUT2D eigenvalue weighted by Crippen LogP contribution is -2.17. The molecule has 2 aromatic rings. The maximum atomic E-state index is 13.8. The zero-order chi connectivity index (χ0) is 11.7. The molecular formula is C13H16FNO. The fourth-order valence-electron chi connectivity index (χ4n) is 2.06. The van der Waals surface area contributed by atoms with E-state index in [9.17, 15) is 4.39 Å². The van der Waals surface area contributed by atoms with Crippen molar-refractivity contribution >= 4 is 11.0 Å². The van der Waals surface area contributed by atoms with Crippen LogP contribution in [-0.4, -0.2) is 6.04 Å². The van der Waals surface area contributed by atoms with E-state index in [0.29, 0.717) is 5.56 Å². The first-order valence-corrected chi connectivity index (χ1v) is 5.50. The molecule has 0 aliphatic carbocycles. The van der Waals surface area contributed by atoms with Crippen LogP contribution in [0.2, 0.25) is 0 Å². The third-order valence-corrected chi connectivity index (χ3v) is 2.83. The molecule has 0 saturated heterocycles. The Labute approximate surface area is 94.2 Å². The average Bonchev–Trinajstić information content (AvgIpc) is 2.61. The SMILES string of the molecule is CC(N)CC(C)c1cc2occc2cc1F. The number of furan rings is 1. The number of halogens is 1. The van der Waals surface area contributed by atoms with Crippen LogP contribution in [0.3, 0.4) is 0 Å². The first-order chi connectivity index (χ1) is 7.58. The Bertz CT molecular complexity index is 490. The van der Waals surface area contributed by atoms with E-state index < -0.39 is 0 Å². The molecule has 16 heavy (non-hydrogen) atoms. The van der Waals surface area contributed by atoms with Crippen LogP contribution < -0.4 is 5.73 Å². The Morgan fingerprint density at radius 2 is 2.12 bits per heavy atom. The molecule has 0 amide bonds. The number of benzene rings is 1. The molecule has 1 aromatic heterocycles. The van der Waals surface area contributed by atoms with Gasteiger partial charge in [0, 0.05) is 11.4 Å². The van der Waals surface area contributed by atoms with Gasteiger partial charge in [0.05, 0.1) is 6.26 Å². The summed E-state index contributed by atoms with van der Waals surface area (Å²) in [6.45, 7) is 3.91. The molecule has 0 aliphatic heterocycles. The van der Waals surface area contributed by atoms with Crippen molar-refractivity contribution in [1.82, 2.24) is 0 Å². The van der Waals surface area contributed by atoms with Crippen LogP contribution in [0.25, 0.3) is 11.0 Å². The molecule has 86 valence electrons. The quantitative estimate of drug-likeness (QED) is 0.862. The number of hydrogen-bond acceptors (Lipinski definition) is 2. The van der Waals surface area contributed by atoms with E-state index >= 15 is 0 Å². The van der Waals surface area contributed by atoms with Gasteiger partial charge in [0.15, 0.2) is 0 Å². The highest BCUT2D eigenvalue weighted by Gasteiger charge is 2.14. The predicted octanol–water partition coefficient (Wildman–Crippen LogP) is 3.41. The molecule has 0 fully saturated rings. The van der Waals surface area contributed by atoms with Crippen molar-refractivity contribution in [2.24, 2.45) is 5.73 Å². The monoisotopic (exact) mass is 221 g/mol. The molecule has 0 bridgehead atoms. The van der Waals surface area contributed by atoms with Gasteiger partial charge < -0.3 is 10.2 Å². The summed E-state index contributed by atoms with van der Waals surface area (Å²) in [6, 6.07) is 5.13. The molecule has 2 rings (SSSR count). The molecule has 1 heterocycles. The van der Waals surface area contributed by atoms with Gasteiger partial charge in [-0.15, -0.1) is 0 Å². The predicted molar refractivity (Wildman–Crippen MR) is 62.9 cm³/mol. The van der Waals surface area contributed by atoms with E-state index in [1.54, 1.807) is 18.4 Å². The fourth-order valence-corrected chi connectivity index (χ4v) is 2.06. The lowest BCUT2D eigenvalue weighted by Gasteiger charge is -2.15. The molecular weight excluding hydrogens is 205 g/mol. The van der Waals surface area contributed by atoms with Crippen LogP contribution in [0, 0.1) is 5.82 Å². The second kappa shape index (κ2) is 4.26. The lowest BCUT2D eigenvalue weighted by molar-refractivity contribution is 0.541. The summed E-state index contributed by atoms with van der Waals surface area (Å²) in [5, 5.41) is 0.800. The summed E-state index contributed by atoms with van der Waals surface area (Å²) in [7, 11) is 0. The Hall–Kier alpha value is -1.35. The normalized spacial score (nSPS) is 15.2. The minimum absolute atomic E-state index is 0.0710. The van der Waals surface area contributed by atoms with Crippen LogP contribution in [0.4, 0.5) is 4.39 Å². The summed E-state index contributed by atoms with van der Waals surface area (Å²) in [5.74, 6) is -0.0726. The summed E-state index contributed by atoms with van der Waals surface area (Å²) in [5.41, 5.74) is 7.14. The van der Waals surface area contributed by atoms with Gasteiger partial charge in [-0.3, -0.25) is 0 Å². The van der Waals surface area contributed by atoms with Gasteiger partial charge in [-0.2, -0.15) is 0 Å². The van der Waals surface area contributed by atoms with Crippen molar-refractivity contribution < 1.29 is 8.81 Å².